The van der Waals surface area contributed by atoms with Gasteiger partial charge in [-0.25, -0.2) is 4.39 Å². The van der Waals surface area contributed by atoms with E-state index in [4.69, 9.17) is 9.47 Å². The number of β-amino-alcohol motifs (C(OH)–C–C–N with tert-alkyl or cyclic N) is 1. The molecule has 1 aliphatic rings. The Morgan fingerprint density at radius 3 is 2.63 bits per heavy atom. The molecule has 1 saturated heterocycles. The molecular formula is C22H28FNO3. The van der Waals surface area contributed by atoms with E-state index in [1.54, 1.807) is 25.3 Å². The van der Waals surface area contributed by atoms with Crippen molar-refractivity contribution in [3.05, 3.63) is 59.9 Å². The number of rotatable bonds is 7. The van der Waals surface area contributed by atoms with Crippen LogP contribution in [-0.4, -0.2) is 42.9 Å². The van der Waals surface area contributed by atoms with Gasteiger partial charge in [0, 0.05) is 12.6 Å². The largest absolute Gasteiger partial charge is 0.497 e. The molecule has 2 atom stereocenters. The zero-order chi connectivity index (χ0) is 19.1. The molecule has 0 radical (unpaired) electrons. The number of halogens is 1. The molecule has 27 heavy (non-hydrogen) atoms. The van der Waals surface area contributed by atoms with Crippen molar-refractivity contribution in [1.82, 2.24) is 4.90 Å². The van der Waals surface area contributed by atoms with E-state index in [9.17, 15) is 9.50 Å². The predicted octanol–water partition coefficient (Wildman–Crippen LogP) is 4.19. The second-order valence-electron chi connectivity index (χ2n) is 7.03. The van der Waals surface area contributed by atoms with Gasteiger partial charge in [-0.1, -0.05) is 37.1 Å². The van der Waals surface area contributed by atoms with E-state index >= 15 is 0 Å². The van der Waals surface area contributed by atoms with Gasteiger partial charge in [0.2, 0.25) is 0 Å². The molecule has 0 saturated carbocycles. The highest BCUT2D eigenvalue weighted by Crippen LogP contribution is 2.31. The first-order valence-electron chi connectivity index (χ1n) is 9.61. The predicted molar refractivity (Wildman–Crippen MR) is 104 cm³/mol. The maximum absolute atomic E-state index is 13.7. The minimum atomic E-state index is -0.677. The summed E-state index contributed by atoms with van der Waals surface area (Å²) in [7, 11) is 1.67. The van der Waals surface area contributed by atoms with E-state index in [1.807, 2.05) is 12.1 Å². The summed E-state index contributed by atoms with van der Waals surface area (Å²) >= 11 is 0. The molecule has 1 aliphatic heterocycles. The smallest absolute Gasteiger partial charge is 0.165 e. The van der Waals surface area contributed by atoms with Crippen molar-refractivity contribution >= 4 is 0 Å². The Kier molecular flexibility index (Phi) is 7.07. The molecule has 0 spiro atoms. The van der Waals surface area contributed by atoms with Crippen molar-refractivity contribution in [2.45, 2.75) is 37.8 Å². The van der Waals surface area contributed by atoms with E-state index in [1.165, 1.54) is 24.5 Å². The Morgan fingerprint density at radius 2 is 1.89 bits per heavy atom. The zero-order valence-electron chi connectivity index (χ0n) is 15.8. The van der Waals surface area contributed by atoms with Gasteiger partial charge in [0.05, 0.1) is 7.11 Å². The van der Waals surface area contributed by atoms with Crippen molar-refractivity contribution in [2.75, 3.05) is 26.8 Å². The number of aliphatic hydroxyl groups is 1. The number of hydrogen-bond acceptors (Lipinski definition) is 4. The van der Waals surface area contributed by atoms with Crippen LogP contribution in [0.2, 0.25) is 0 Å². The third kappa shape index (κ3) is 5.44. The van der Waals surface area contributed by atoms with Crippen LogP contribution in [-0.2, 0) is 0 Å². The van der Waals surface area contributed by atoms with Gasteiger partial charge >= 0.3 is 0 Å². The minimum Gasteiger partial charge on any atom is -0.497 e. The van der Waals surface area contributed by atoms with Gasteiger partial charge in [-0.2, -0.15) is 0 Å². The van der Waals surface area contributed by atoms with Gasteiger partial charge in [-0.05, 0) is 49.2 Å². The molecule has 0 aromatic heterocycles. The fraction of sp³-hybridized carbons (Fsp3) is 0.455. The summed E-state index contributed by atoms with van der Waals surface area (Å²) in [5.41, 5.74) is 1.24. The second-order valence-corrected chi connectivity index (χ2v) is 7.03. The molecule has 2 aromatic rings. The van der Waals surface area contributed by atoms with Crippen LogP contribution in [0.1, 0.15) is 37.3 Å². The lowest BCUT2D eigenvalue weighted by molar-refractivity contribution is 0.0514. The first-order chi connectivity index (χ1) is 13.2. The second kappa shape index (κ2) is 9.72. The number of para-hydroxylation sites is 1. The third-order valence-corrected chi connectivity index (χ3v) is 5.08. The molecule has 1 N–H and O–H groups in total. The Labute approximate surface area is 160 Å². The number of benzene rings is 2. The van der Waals surface area contributed by atoms with Crippen molar-refractivity contribution in [3.63, 3.8) is 0 Å². The van der Waals surface area contributed by atoms with Gasteiger partial charge in [-0.15, -0.1) is 0 Å². The van der Waals surface area contributed by atoms with E-state index in [0.29, 0.717) is 6.54 Å². The fourth-order valence-corrected chi connectivity index (χ4v) is 3.66. The summed E-state index contributed by atoms with van der Waals surface area (Å²) in [6, 6.07) is 14.7. The molecule has 146 valence electrons. The van der Waals surface area contributed by atoms with Gasteiger partial charge in [0.25, 0.3) is 0 Å². The molecule has 0 aliphatic carbocycles. The Balaban J connectivity index is 1.63. The van der Waals surface area contributed by atoms with Crippen LogP contribution in [0.15, 0.2) is 48.5 Å². The summed E-state index contributed by atoms with van der Waals surface area (Å²) in [5.74, 6) is 0.618. The molecule has 2 aromatic carbocycles. The molecule has 1 fully saturated rings. The number of aliphatic hydroxyl groups excluding tert-OH is 1. The van der Waals surface area contributed by atoms with E-state index in [2.05, 4.69) is 17.0 Å². The normalized spacial score (nSPS) is 19.3. The van der Waals surface area contributed by atoms with Crippen LogP contribution in [0.25, 0.3) is 0 Å². The maximum atomic E-state index is 13.7. The van der Waals surface area contributed by atoms with E-state index < -0.39 is 11.9 Å². The summed E-state index contributed by atoms with van der Waals surface area (Å²) in [6.07, 6.45) is 3.88. The average Bonchev–Trinajstić information content (AvgIpc) is 2.93. The molecular weight excluding hydrogens is 345 g/mol. The highest BCUT2D eigenvalue weighted by atomic mass is 19.1. The van der Waals surface area contributed by atoms with Gasteiger partial charge in [-0.3, -0.25) is 4.90 Å². The quantitative estimate of drug-likeness (QED) is 0.790. The summed E-state index contributed by atoms with van der Waals surface area (Å²) < 4.78 is 24.4. The number of ether oxygens (including phenoxy) is 2. The van der Waals surface area contributed by atoms with Crippen molar-refractivity contribution in [1.29, 1.82) is 0 Å². The van der Waals surface area contributed by atoms with E-state index in [-0.39, 0.29) is 18.4 Å². The lowest BCUT2D eigenvalue weighted by Gasteiger charge is -2.32. The van der Waals surface area contributed by atoms with Crippen LogP contribution in [0.4, 0.5) is 4.39 Å². The fourth-order valence-electron chi connectivity index (χ4n) is 3.66. The van der Waals surface area contributed by atoms with Crippen molar-refractivity contribution in [3.8, 4) is 11.5 Å². The number of methoxy groups -OCH3 is 1. The molecule has 0 amide bonds. The van der Waals surface area contributed by atoms with Gasteiger partial charge in [0.1, 0.15) is 18.5 Å². The van der Waals surface area contributed by atoms with E-state index in [0.717, 1.165) is 25.1 Å². The summed E-state index contributed by atoms with van der Waals surface area (Å²) in [4.78, 5) is 2.32. The van der Waals surface area contributed by atoms with Crippen molar-refractivity contribution < 1.29 is 19.0 Å². The Bertz CT molecular complexity index is 707. The standard InChI is InChI=1S/C22H28FNO3/c1-26-19-12-10-17(11-13-19)21-8-3-2-6-14-24(21)15-18(25)16-27-22-9-5-4-7-20(22)23/h4-5,7,9-13,18,21,25H,2-3,6,8,14-16H2,1H3/t18-,21+/m1/s1. The lowest BCUT2D eigenvalue weighted by Crippen LogP contribution is -2.38. The first-order valence-corrected chi connectivity index (χ1v) is 9.61. The highest BCUT2D eigenvalue weighted by Gasteiger charge is 2.25. The minimum absolute atomic E-state index is 0.0762. The van der Waals surface area contributed by atoms with Crippen LogP contribution in [0.3, 0.4) is 0 Å². The molecule has 0 unspecified atom stereocenters. The van der Waals surface area contributed by atoms with Gasteiger partial charge in [0.15, 0.2) is 11.6 Å². The van der Waals surface area contributed by atoms with Crippen molar-refractivity contribution in [2.24, 2.45) is 0 Å². The molecule has 0 bridgehead atoms. The maximum Gasteiger partial charge on any atom is 0.165 e. The highest BCUT2D eigenvalue weighted by molar-refractivity contribution is 5.29. The molecule has 3 rings (SSSR count). The van der Waals surface area contributed by atoms with Crippen LogP contribution in [0, 0.1) is 5.82 Å². The number of nitrogens with zero attached hydrogens (tertiary/aromatic N) is 1. The zero-order valence-corrected chi connectivity index (χ0v) is 15.8. The first kappa shape index (κ1) is 19.6. The topological polar surface area (TPSA) is 41.9 Å². The lowest BCUT2D eigenvalue weighted by atomic mass is 10.0. The van der Waals surface area contributed by atoms with Gasteiger partial charge < -0.3 is 14.6 Å². The summed E-state index contributed by atoms with van der Waals surface area (Å²) in [6.45, 7) is 1.52. The van der Waals surface area contributed by atoms with Crippen LogP contribution < -0.4 is 9.47 Å². The monoisotopic (exact) mass is 373 g/mol. The Hall–Kier alpha value is -2.11. The molecule has 4 nitrogen and oxygen atoms in total. The summed E-state index contributed by atoms with van der Waals surface area (Å²) in [5, 5.41) is 10.5. The average molecular weight is 373 g/mol. The molecule has 1 heterocycles. The number of hydrogen-bond donors (Lipinski definition) is 1. The van der Waals surface area contributed by atoms with Crippen LogP contribution >= 0.6 is 0 Å². The SMILES string of the molecule is COc1ccc([C@@H]2CCCCCN2C[C@@H](O)COc2ccccc2F)cc1. The molecule has 5 heteroatoms. The van der Waals surface area contributed by atoms with Crippen LogP contribution in [0.5, 0.6) is 11.5 Å². The third-order valence-electron chi connectivity index (χ3n) is 5.08. The number of likely N-dealkylation sites (tertiary alicyclic amines) is 1. The Morgan fingerprint density at radius 1 is 1.11 bits per heavy atom.